The first-order valence-electron chi connectivity index (χ1n) is 4.79. The maximum atomic E-state index is 11.0. The number of carboxylic acid groups (broad SMARTS) is 1. The van der Waals surface area contributed by atoms with E-state index in [0.29, 0.717) is 6.61 Å². The van der Waals surface area contributed by atoms with Crippen molar-refractivity contribution in [1.29, 1.82) is 0 Å². The number of carbonyl (C=O) groups is 1. The monoisotopic (exact) mass is 204 g/mol. The fraction of sp³-hybridized carbons (Fsp3) is 0.250. The first-order valence-corrected chi connectivity index (χ1v) is 4.79. The minimum Gasteiger partial charge on any atom is -0.481 e. The van der Waals surface area contributed by atoms with Crippen molar-refractivity contribution in [2.75, 3.05) is 6.61 Å². The first kappa shape index (κ1) is 9.93. The van der Waals surface area contributed by atoms with Gasteiger partial charge in [0, 0.05) is 0 Å². The second-order valence-electron chi connectivity index (χ2n) is 3.56. The Labute approximate surface area is 88.0 Å². The molecule has 1 saturated heterocycles. The molecule has 1 aromatic carbocycles. The van der Waals surface area contributed by atoms with Gasteiger partial charge < -0.3 is 9.84 Å². The van der Waals surface area contributed by atoms with Gasteiger partial charge in [0.05, 0.1) is 12.7 Å². The highest BCUT2D eigenvalue weighted by molar-refractivity contribution is 5.77. The standard InChI is InChI=1S/C12H12O3/c1-2-8-3-5-9(6-4-8)11(12(13)14)10-7-15-10/h2-6,10-11H,1,7H2,(H,13,14). The lowest BCUT2D eigenvalue weighted by Crippen LogP contribution is -2.17. The van der Waals surface area contributed by atoms with Crippen LogP contribution in [0.3, 0.4) is 0 Å². The summed E-state index contributed by atoms with van der Waals surface area (Å²) in [6.45, 7) is 4.19. The molecule has 2 rings (SSSR count). The van der Waals surface area contributed by atoms with Crippen molar-refractivity contribution in [1.82, 2.24) is 0 Å². The van der Waals surface area contributed by atoms with Gasteiger partial charge in [-0.25, -0.2) is 0 Å². The van der Waals surface area contributed by atoms with Crippen LogP contribution in [0.2, 0.25) is 0 Å². The van der Waals surface area contributed by atoms with E-state index in [1.54, 1.807) is 6.08 Å². The van der Waals surface area contributed by atoms with Crippen molar-refractivity contribution in [3.05, 3.63) is 42.0 Å². The maximum Gasteiger partial charge on any atom is 0.313 e. The molecule has 1 aromatic rings. The van der Waals surface area contributed by atoms with Gasteiger partial charge in [0.25, 0.3) is 0 Å². The third-order valence-corrected chi connectivity index (χ3v) is 2.53. The molecule has 0 saturated carbocycles. The average molecular weight is 204 g/mol. The largest absolute Gasteiger partial charge is 0.481 e. The van der Waals surface area contributed by atoms with Crippen LogP contribution in [0.1, 0.15) is 17.0 Å². The molecule has 3 nitrogen and oxygen atoms in total. The fourth-order valence-electron chi connectivity index (χ4n) is 1.60. The lowest BCUT2D eigenvalue weighted by atomic mass is 9.95. The van der Waals surface area contributed by atoms with E-state index < -0.39 is 11.9 Å². The molecule has 1 fully saturated rings. The molecule has 0 radical (unpaired) electrons. The summed E-state index contributed by atoms with van der Waals surface area (Å²) in [4.78, 5) is 11.0. The summed E-state index contributed by atoms with van der Waals surface area (Å²) in [5, 5.41) is 9.06. The number of epoxide rings is 1. The van der Waals surface area contributed by atoms with Crippen LogP contribution in [-0.4, -0.2) is 23.8 Å². The number of benzene rings is 1. The molecular weight excluding hydrogens is 192 g/mol. The summed E-state index contributed by atoms with van der Waals surface area (Å²) >= 11 is 0. The Morgan fingerprint density at radius 2 is 2.13 bits per heavy atom. The van der Waals surface area contributed by atoms with Crippen LogP contribution in [0.4, 0.5) is 0 Å². The third-order valence-electron chi connectivity index (χ3n) is 2.53. The molecule has 0 bridgehead atoms. The van der Waals surface area contributed by atoms with Gasteiger partial charge in [0.15, 0.2) is 0 Å². The van der Waals surface area contributed by atoms with Crippen LogP contribution in [-0.2, 0) is 9.53 Å². The van der Waals surface area contributed by atoms with Crippen molar-refractivity contribution in [3.8, 4) is 0 Å². The van der Waals surface area contributed by atoms with E-state index in [0.717, 1.165) is 11.1 Å². The van der Waals surface area contributed by atoms with Gasteiger partial charge in [-0.05, 0) is 11.1 Å². The zero-order chi connectivity index (χ0) is 10.8. The van der Waals surface area contributed by atoms with Crippen LogP contribution in [0.15, 0.2) is 30.8 Å². The molecule has 15 heavy (non-hydrogen) atoms. The van der Waals surface area contributed by atoms with Crippen LogP contribution < -0.4 is 0 Å². The second-order valence-corrected chi connectivity index (χ2v) is 3.56. The number of rotatable bonds is 4. The summed E-state index contributed by atoms with van der Waals surface area (Å²) in [6.07, 6.45) is 1.57. The minimum atomic E-state index is -0.830. The highest BCUT2D eigenvalue weighted by Gasteiger charge is 2.38. The zero-order valence-electron chi connectivity index (χ0n) is 8.22. The van der Waals surface area contributed by atoms with Crippen molar-refractivity contribution in [2.24, 2.45) is 0 Å². The van der Waals surface area contributed by atoms with E-state index in [-0.39, 0.29) is 6.10 Å². The third kappa shape index (κ3) is 2.07. The molecule has 1 aliphatic heterocycles. The van der Waals surface area contributed by atoms with E-state index >= 15 is 0 Å². The Hall–Kier alpha value is -1.61. The zero-order valence-corrected chi connectivity index (χ0v) is 8.22. The number of ether oxygens (including phenoxy) is 1. The number of aliphatic carboxylic acids is 1. The maximum absolute atomic E-state index is 11.0. The fourth-order valence-corrected chi connectivity index (χ4v) is 1.60. The molecule has 0 aliphatic carbocycles. The predicted octanol–water partition coefficient (Wildman–Crippen LogP) is 1.90. The number of carboxylic acids is 1. The van der Waals surface area contributed by atoms with Gasteiger partial charge in [0.2, 0.25) is 0 Å². The molecule has 1 aliphatic rings. The summed E-state index contributed by atoms with van der Waals surface area (Å²) in [6, 6.07) is 7.36. The lowest BCUT2D eigenvalue weighted by Gasteiger charge is -2.09. The van der Waals surface area contributed by atoms with E-state index in [2.05, 4.69) is 6.58 Å². The van der Waals surface area contributed by atoms with Crippen molar-refractivity contribution in [2.45, 2.75) is 12.0 Å². The Bertz CT molecular complexity index is 376. The van der Waals surface area contributed by atoms with E-state index in [1.807, 2.05) is 24.3 Å². The quantitative estimate of drug-likeness (QED) is 0.762. The Kier molecular flexibility index (Phi) is 2.56. The molecule has 0 aromatic heterocycles. The lowest BCUT2D eigenvalue weighted by molar-refractivity contribution is -0.139. The molecule has 2 atom stereocenters. The normalized spacial score (nSPS) is 20.7. The van der Waals surface area contributed by atoms with Crippen LogP contribution in [0, 0.1) is 0 Å². The second kappa shape index (κ2) is 3.87. The summed E-state index contributed by atoms with van der Waals surface area (Å²) in [7, 11) is 0. The summed E-state index contributed by atoms with van der Waals surface area (Å²) < 4.78 is 5.04. The van der Waals surface area contributed by atoms with Crippen molar-refractivity contribution < 1.29 is 14.6 Å². The first-order chi connectivity index (χ1) is 7.22. The molecular formula is C12H12O3. The number of hydrogen-bond donors (Lipinski definition) is 1. The molecule has 3 heteroatoms. The SMILES string of the molecule is C=Cc1ccc(C(C(=O)O)C2CO2)cc1. The molecule has 0 amide bonds. The highest BCUT2D eigenvalue weighted by Crippen LogP contribution is 2.30. The van der Waals surface area contributed by atoms with Crippen LogP contribution >= 0.6 is 0 Å². The Morgan fingerprint density at radius 1 is 1.53 bits per heavy atom. The van der Waals surface area contributed by atoms with E-state index in [4.69, 9.17) is 9.84 Å². The number of hydrogen-bond acceptors (Lipinski definition) is 2. The topological polar surface area (TPSA) is 49.8 Å². The van der Waals surface area contributed by atoms with Crippen molar-refractivity contribution in [3.63, 3.8) is 0 Å². The summed E-state index contributed by atoms with van der Waals surface area (Å²) in [5.74, 6) is -1.37. The van der Waals surface area contributed by atoms with E-state index in [9.17, 15) is 4.79 Å². The smallest absolute Gasteiger partial charge is 0.313 e. The summed E-state index contributed by atoms with van der Waals surface area (Å²) in [5.41, 5.74) is 1.77. The van der Waals surface area contributed by atoms with Crippen LogP contribution in [0.5, 0.6) is 0 Å². The van der Waals surface area contributed by atoms with Gasteiger partial charge in [-0.2, -0.15) is 0 Å². The molecule has 1 N–H and O–H groups in total. The van der Waals surface area contributed by atoms with Gasteiger partial charge in [-0.3, -0.25) is 4.79 Å². The minimum absolute atomic E-state index is 0.155. The van der Waals surface area contributed by atoms with Gasteiger partial charge >= 0.3 is 5.97 Å². The molecule has 2 unspecified atom stereocenters. The highest BCUT2D eigenvalue weighted by atomic mass is 16.6. The average Bonchev–Trinajstić information content (AvgIpc) is 3.03. The Morgan fingerprint density at radius 3 is 2.53 bits per heavy atom. The van der Waals surface area contributed by atoms with Gasteiger partial charge in [-0.1, -0.05) is 36.9 Å². The van der Waals surface area contributed by atoms with E-state index in [1.165, 1.54) is 0 Å². The molecule has 78 valence electrons. The van der Waals surface area contributed by atoms with Crippen LogP contribution in [0.25, 0.3) is 6.08 Å². The van der Waals surface area contributed by atoms with Gasteiger partial charge in [-0.15, -0.1) is 0 Å². The molecule has 1 heterocycles. The Balaban J connectivity index is 2.25. The predicted molar refractivity (Wildman–Crippen MR) is 56.6 cm³/mol. The molecule has 0 spiro atoms. The van der Waals surface area contributed by atoms with Crippen molar-refractivity contribution >= 4 is 12.0 Å². The van der Waals surface area contributed by atoms with Gasteiger partial charge in [0.1, 0.15) is 5.92 Å².